The fourth-order valence-corrected chi connectivity index (χ4v) is 1.92. The van der Waals surface area contributed by atoms with Crippen LogP contribution in [0.25, 0.3) is 0 Å². The summed E-state index contributed by atoms with van der Waals surface area (Å²) in [5.41, 5.74) is 7.46. The lowest BCUT2D eigenvalue weighted by atomic mass is 10.1. The molecule has 0 aromatic heterocycles. The quantitative estimate of drug-likeness (QED) is 0.490. The van der Waals surface area contributed by atoms with Gasteiger partial charge in [-0.3, -0.25) is 9.59 Å². The van der Waals surface area contributed by atoms with Crippen molar-refractivity contribution in [2.75, 3.05) is 6.61 Å². The number of rotatable bonds is 9. The highest BCUT2D eigenvalue weighted by Gasteiger charge is 2.15. The van der Waals surface area contributed by atoms with Crippen molar-refractivity contribution in [3.8, 4) is 0 Å². The van der Waals surface area contributed by atoms with Crippen LogP contribution in [0.4, 0.5) is 0 Å². The van der Waals surface area contributed by atoms with E-state index in [-0.39, 0.29) is 18.1 Å². The zero-order valence-electron chi connectivity index (χ0n) is 11.4. The summed E-state index contributed by atoms with van der Waals surface area (Å²) >= 11 is 0. The van der Waals surface area contributed by atoms with E-state index in [0.717, 1.165) is 44.9 Å². The molecular formula is C13H24N2O4. The Hall–Kier alpha value is -1.14. The highest BCUT2D eigenvalue weighted by molar-refractivity contribution is 5.74. The Kier molecular flexibility index (Phi) is 8.16. The number of hydrogen-bond donors (Lipinski definition) is 2. The first-order valence-corrected chi connectivity index (χ1v) is 7.03. The molecule has 1 atom stereocenters. The standard InChI is InChI=1S/C13H24N2O4/c14-11(16)7-3-1-2-4-8-12(17)15-19-13-9-5-6-10-18-13/h13H,1-10H2,(H2,14,16)(H,15,17). The van der Waals surface area contributed by atoms with E-state index in [9.17, 15) is 9.59 Å². The lowest BCUT2D eigenvalue weighted by Crippen LogP contribution is -2.32. The molecule has 110 valence electrons. The lowest BCUT2D eigenvalue weighted by molar-refractivity contribution is -0.200. The molecule has 0 aromatic carbocycles. The minimum Gasteiger partial charge on any atom is -0.370 e. The van der Waals surface area contributed by atoms with Gasteiger partial charge in [0.15, 0.2) is 6.29 Å². The second-order valence-electron chi connectivity index (χ2n) is 4.82. The number of hydroxylamine groups is 1. The second-order valence-corrected chi connectivity index (χ2v) is 4.82. The molecule has 1 rings (SSSR count). The zero-order chi connectivity index (χ0) is 13.9. The Balaban J connectivity index is 1.91. The van der Waals surface area contributed by atoms with Gasteiger partial charge in [-0.1, -0.05) is 12.8 Å². The molecule has 1 unspecified atom stereocenters. The van der Waals surface area contributed by atoms with Crippen molar-refractivity contribution in [3.63, 3.8) is 0 Å². The summed E-state index contributed by atoms with van der Waals surface area (Å²) in [6.07, 6.45) is 6.94. The number of ether oxygens (including phenoxy) is 1. The lowest BCUT2D eigenvalue weighted by Gasteiger charge is -2.22. The Morgan fingerprint density at radius 2 is 1.89 bits per heavy atom. The summed E-state index contributed by atoms with van der Waals surface area (Å²) in [4.78, 5) is 27.1. The van der Waals surface area contributed by atoms with E-state index in [1.807, 2.05) is 0 Å². The third-order valence-corrected chi connectivity index (χ3v) is 3.02. The summed E-state index contributed by atoms with van der Waals surface area (Å²) < 4.78 is 5.33. The van der Waals surface area contributed by atoms with Crippen molar-refractivity contribution in [2.24, 2.45) is 5.73 Å². The molecular weight excluding hydrogens is 248 g/mol. The summed E-state index contributed by atoms with van der Waals surface area (Å²) in [7, 11) is 0. The van der Waals surface area contributed by atoms with Gasteiger partial charge in [0.1, 0.15) is 0 Å². The van der Waals surface area contributed by atoms with Crippen LogP contribution >= 0.6 is 0 Å². The minimum atomic E-state index is -0.298. The largest absolute Gasteiger partial charge is 0.370 e. The van der Waals surface area contributed by atoms with E-state index in [1.165, 1.54) is 0 Å². The molecule has 19 heavy (non-hydrogen) atoms. The molecule has 1 aliphatic rings. The minimum absolute atomic E-state index is 0.121. The van der Waals surface area contributed by atoms with Gasteiger partial charge in [0.05, 0.1) is 0 Å². The molecule has 2 amide bonds. The van der Waals surface area contributed by atoms with Gasteiger partial charge < -0.3 is 10.5 Å². The smallest absolute Gasteiger partial charge is 0.243 e. The fourth-order valence-electron chi connectivity index (χ4n) is 1.92. The highest BCUT2D eigenvalue weighted by atomic mass is 16.8. The molecule has 1 aliphatic heterocycles. The van der Waals surface area contributed by atoms with Crippen LogP contribution in [-0.2, 0) is 19.2 Å². The number of carbonyl (C=O) groups is 2. The van der Waals surface area contributed by atoms with Gasteiger partial charge >= 0.3 is 0 Å². The zero-order valence-corrected chi connectivity index (χ0v) is 11.4. The Morgan fingerprint density at radius 3 is 2.53 bits per heavy atom. The third kappa shape index (κ3) is 8.56. The number of nitrogens with two attached hydrogens (primary N) is 1. The first-order valence-electron chi connectivity index (χ1n) is 7.03. The van der Waals surface area contributed by atoms with Crippen molar-refractivity contribution < 1.29 is 19.2 Å². The maximum Gasteiger partial charge on any atom is 0.243 e. The van der Waals surface area contributed by atoms with Crippen molar-refractivity contribution in [3.05, 3.63) is 0 Å². The molecule has 0 aromatic rings. The van der Waals surface area contributed by atoms with Crippen LogP contribution in [0, 0.1) is 0 Å². The molecule has 1 fully saturated rings. The summed E-state index contributed by atoms with van der Waals surface area (Å²) in [5, 5.41) is 0. The number of amides is 2. The maximum absolute atomic E-state index is 11.5. The monoisotopic (exact) mass is 272 g/mol. The molecule has 6 heteroatoms. The van der Waals surface area contributed by atoms with Crippen molar-refractivity contribution >= 4 is 11.8 Å². The first kappa shape index (κ1) is 15.9. The van der Waals surface area contributed by atoms with Gasteiger partial charge in [0.2, 0.25) is 11.8 Å². The predicted octanol–water partition coefficient (Wildman–Crippen LogP) is 1.39. The van der Waals surface area contributed by atoms with Gasteiger partial charge in [-0.2, -0.15) is 0 Å². The van der Waals surface area contributed by atoms with Crippen LogP contribution in [0.2, 0.25) is 0 Å². The average molecular weight is 272 g/mol. The third-order valence-electron chi connectivity index (χ3n) is 3.02. The van der Waals surface area contributed by atoms with E-state index in [4.69, 9.17) is 15.3 Å². The van der Waals surface area contributed by atoms with E-state index >= 15 is 0 Å². The SMILES string of the molecule is NC(=O)CCCCCCC(=O)NOC1CCCCO1. The summed E-state index contributed by atoms with van der Waals surface area (Å²) in [5.74, 6) is -0.386. The van der Waals surface area contributed by atoms with Crippen LogP contribution in [0.5, 0.6) is 0 Å². The molecule has 0 spiro atoms. The van der Waals surface area contributed by atoms with Gasteiger partial charge in [-0.25, -0.2) is 10.3 Å². The molecule has 3 N–H and O–H groups in total. The topological polar surface area (TPSA) is 90.7 Å². The molecule has 0 saturated carbocycles. The Morgan fingerprint density at radius 1 is 1.16 bits per heavy atom. The molecule has 0 bridgehead atoms. The number of primary amides is 1. The summed E-state index contributed by atoms with van der Waals surface area (Å²) in [6.45, 7) is 0.695. The Bertz CT molecular complexity index is 278. The number of carbonyl (C=O) groups excluding carboxylic acids is 2. The molecule has 0 aliphatic carbocycles. The van der Waals surface area contributed by atoms with E-state index < -0.39 is 0 Å². The van der Waals surface area contributed by atoms with E-state index in [1.54, 1.807) is 0 Å². The van der Waals surface area contributed by atoms with E-state index in [0.29, 0.717) is 19.4 Å². The maximum atomic E-state index is 11.5. The van der Waals surface area contributed by atoms with Crippen LogP contribution in [0.1, 0.15) is 57.8 Å². The van der Waals surface area contributed by atoms with Crippen molar-refractivity contribution in [1.29, 1.82) is 0 Å². The molecule has 1 saturated heterocycles. The van der Waals surface area contributed by atoms with Crippen molar-refractivity contribution in [1.82, 2.24) is 5.48 Å². The molecule has 6 nitrogen and oxygen atoms in total. The van der Waals surface area contributed by atoms with Gasteiger partial charge in [-0.05, 0) is 25.7 Å². The highest BCUT2D eigenvalue weighted by Crippen LogP contribution is 2.12. The Labute approximate surface area is 114 Å². The first-order chi connectivity index (χ1) is 9.18. The number of hydrogen-bond acceptors (Lipinski definition) is 4. The number of nitrogens with one attached hydrogen (secondary N) is 1. The average Bonchev–Trinajstić information content (AvgIpc) is 2.41. The molecule has 1 heterocycles. The number of unbranched alkanes of at least 4 members (excludes halogenated alkanes) is 3. The predicted molar refractivity (Wildman–Crippen MR) is 69.7 cm³/mol. The fraction of sp³-hybridized carbons (Fsp3) is 0.846. The van der Waals surface area contributed by atoms with Gasteiger partial charge in [0.25, 0.3) is 0 Å². The van der Waals surface area contributed by atoms with Crippen LogP contribution in [0.3, 0.4) is 0 Å². The van der Waals surface area contributed by atoms with Crippen LogP contribution in [-0.4, -0.2) is 24.7 Å². The van der Waals surface area contributed by atoms with Gasteiger partial charge in [-0.15, -0.1) is 0 Å². The van der Waals surface area contributed by atoms with Crippen LogP contribution < -0.4 is 11.2 Å². The summed E-state index contributed by atoms with van der Waals surface area (Å²) in [6, 6.07) is 0. The van der Waals surface area contributed by atoms with Gasteiger partial charge in [0, 0.05) is 25.9 Å². The molecule has 0 radical (unpaired) electrons. The van der Waals surface area contributed by atoms with Crippen molar-refractivity contribution in [2.45, 2.75) is 64.1 Å². The van der Waals surface area contributed by atoms with E-state index in [2.05, 4.69) is 5.48 Å². The normalized spacial score (nSPS) is 19.1. The van der Waals surface area contributed by atoms with Crippen LogP contribution in [0.15, 0.2) is 0 Å². The second kappa shape index (κ2) is 9.75.